The third kappa shape index (κ3) is 6.01. The summed E-state index contributed by atoms with van der Waals surface area (Å²) in [6.45, 7) is 1.37. The second-order valence-corrected chi connectivity index (χ2v) is 6.44. The first-order valence-corrected chi connectivity index (χ1v) is 8.53. The van der Waals surface area contributed by atoms with E-state index in [1.165, 1.54) is 19.2 Å². The average molecular weight is 372 g/mol. The Hall–Kier alpha value is -2.09. The number of amides is 2. The first-order chi connectivity index (χ1) is 12.3. The van der Waals surface area contributed by atoms with E-state index in [1.807, 2.05) is 0 Å². The molecule has 0 bridgehead atoms. The summed E-state index contributed by atoms with van der Waals surface area (Å²) in [5, 5.41) is 2.61. The molecule has 1 fully saturated rings. The molecular weight excluding hydrogens is 349 g/mol. The number of nitrogens with zero attached hydrogens (tertiary/aromatic N) is 1. The van der Waals surface area contributed by atoms with Crippen LogP contribution in [0.3, 0.4) is 0 Å². The van der Waals surface area contributed by atoms with E-state index < -0.39 is 11.7 Å². The summed E-state index contributed by atoms with van der Waals surface area (Å²) in [5.41, 5.74) is -0.415. The number of anilines is 1. The highest BCUT2D eigenvalue weighted by Crippen LogP contribution is 2.30. The van der Waals surface area contributed by atoms with Gasteiger partial charge in [0, 0.05) is 32.3 Å². The van der Waals surface area contributed by atoms with E-state index in [9.17, 15) is 22.8 Å². The van der Waals surface area contributed by atoms with Crippen LogP contribution in [0.1, 0.15) is 31.2 Å². The minimum atomic E-state index is -4.39. The molecule has 1 heterocycles. The van der Waals surface area contributed by atoms with Crippen molar-refractivity contribution in [2.45, 2.75) is 31.9 Å². The van der Waals surface area contributed by atoms with E-state index >= 15 is 0 Å². The van der Waals surface area contributed by atoms with Crippen LogP contribution in [0.2, 0.25) is 0 Å². The standard InChI is InChI=1S/C18H23F3N2O3/c1-26-12-17(25)23-10-2-3-13(11-23)4-9-16(24)22-15-7-5-14(6-8-15)18(19,20)21/h5-8,13H,2-4,9-12H2,1H3,(H,22,24). The number of hydrogen-bond donors (Lipinski definition) is 1. The molecule has 1 aromatic carbocycles. The van der Waals surface area contributed by atoms with Crippen LogP contribution in [-0.2, 0) is 20.5 Å². The van der Waals surface area contributed by atoms with Crippen molar-refractivity contribution < 1.29 is 27.5 Å². The van der Waals surface area contributed by atoms with Gasteiger partial charge in [-0.15, -0.1) is 0 Å². The zero-order valence-electron chi connectivity index (χ0n) is 14.6. The maximum absolute atomic E-state index is 12.5. The molecule has 1 saturated heterocycles. The Morgan fingerprint density at radius 1 is 1.27 bits per heavy atom. The molecule has 5 nitrogen and oxygen atoms in total. The maximum Gasteiger partial charge on any atom is 0.416 e. The lowest BCUT2D eigenvalue weighted by molar-refractivity contribution is -0.138. The van der Waals surface area contributed by atoms with Crippen molar-refractivity contribution >= 4 is 17.5 Å². The Morgan fingerprint density at radius 3 is 2.58 bits per heavy atom. The molecule has 8 heteroatoms. The topological polar surface area (TPSA) is 58.6 Å². The number of carbonyl (C=O) groups is 2. The van der Waals surface area contributed by atoms with Crippen molar-refractivity contribution in [3.05, 3.63) is 29.8 Å². The summed E-state index contributed by atoms with van der Waals surface area (Å²) in [4.78, 5) is 25.6. The molecule has 144 valence electrons. The summed E-state index contributed by atoms with van der Waals surface area (Å²) in [6.07, 6.45) is -1.66. The van der Waals surface area contributed by atoms with Gasteiger partial charge in [0.1, 0.15) is 6.61 Å². The summed E-state index contributed by atoms with van der Waals surface area (Å²) in [7, 11) is 1.48. The minimum absolute atomic E-state index is 0.0496. The van der Waals surface area contributed by atoms with Gasteiger partial charge < -0.3 is 15.0 Å². The molecule has 0 radical (unpaired) electrons. The van der Waals surface area contributed by atoms with Gasteiger partial charge in [0.05, 0.1) is 5.56 Å². The van der Waals surface area contributed by atoms with Crippen LogP contribution in [0, 0.1) is 5.92 Å². The molecule has 0 aromatic heterocycles. The molecule has 1 unspecified atom stereocenters. The number of alkyl halides is 3. The van der Waals surface area contributed by atoms with Crippen molar-refractivity contribution in [1.29, 1.82) is 0 Å². The highest BCUT2D eigenvalue weighted by Gasteiger charge is 2.30. The fourth-order valence-electron chi connectivity index (χ4n) is 3.04. The smallest absolute Gasteiger partial charge is 0.375 e. The predicted molar refractivity (Wildman–Crippen MR) is 90.5 cm³/mol. The molecule has 1 aliphatic rings. The Bertz CT molecular complexity index is 617. The van der Waals surface area contributed by atoms with Crippen LogP contribution < -0.4 is 5.32 Å². The number of rotatable bonds is 6. The van der Waals surface area contributed by atoms with E-state index in [0.29, 0.717) is 25.2 Å². The van der Waals surface area contributed by atoms with E-state index in [0.717, 1.165) is 25.0 Å². The highest BCUT2D eigenvalue weighted by atomic mass is 19.4. The summed E-state index contributed by atoms with van der Waals surface area (Å²) in [5.74, 6) is -0.0561. The second-order valence-electron chi connectivity index (χ2n) is 6.44. The van der Waals surface area contributed by atoms with Crippen LogP contribution in [0.5, 0.6) is 0 Å². The van der Waals surface area contributed by atoms with Gasteiger partial charge in [0.15, 0.2) is 0 Å². The van der Waals surface area contributed by atoms with E-state index in [2.05, 4.69) is 5.32 Å². The number of nitrogens with one attached hydrogen (secondary N) is 1. The number of ether oxygens (including phenoxy) is 1. The van der Waals surface area contributed by atoms with Gasteiger partial charge in [-0.25, -0.2) is 0 Å². The summed E-state index contributed by atoms with van der Waals surface area (Å²) < 4.78 is 42.4. The molecule has 0 saturated carbocycles. The fraction of sp³-hybridized carbons (Fsp3) is 0.556. The van der Waals surface area contributed by atoms with Crippen molar-refractivity contribution in [3.63, 3.8) is 0 Å². The number of hydrogen-bond acceptors (Lipinski definition) is 3. The molecule has 0 spiro atoms. The van der Waals surface area contributed by atoms with Crippen molar-refractivity contribution in [1.82, 2.24) is 4.90 Å². The van der Waals surface area contributed by atoms with Gasteiger partial charge in [-0.3, -0.25) is 9.59 Å². The van der Waals surface area contributed by atoms with Crippen LogP contribution in [-0.4, -0.2) is 43.5 Å². The lowest BCUT2D eigenvalue weighted by Gasteiger charge is -2.32. The highest BCUT2D eigenvalue weighted by molar-refractivity contribution is 5.90. The first kappa shape index (κ1) is 20.2. The molecule has 26 heavy (non-hydrogen) atoms. The monoisotopic (exact) mass is 372 g/mol. The average Bonchev–Trinajstić information content (AvgIpc) is 2.60. The maximum atomic E-state index is 12.5. The number of piperidine rings is 1. The molecule has 1 aromatic rings. The molecular formula is C18H23F3N2O3. The Kier molecular flexibility index (Phi) is 7.02. The largest absolute Gasteiger partial charge is 0.416 e. The Morgan fingerprint density at radius 2 is 1.96 bits per heavy atom. The quantitative estimate of drug-likeness (QED) is 0.834. The number of carbonyl (C=O) groups excluding carboxylic acids is 2. The molecule has 0 aliphatic carbocycles. The normalized spacial score (nSPS) is 17.8. The number of halogens is 3. The van der Waals surface area contributed by atoms with Crippen LogP contribution >= 0.6 is 0 Å². The van der Waals surface area contributed by atoms with Crippen LogP contribution in [0.4, 0.5) is 18.9 Å². The zero-order chi connectivity index (χ0) is 19.2. The first-order valence-electron chi connectivity index (χ1n) is 8.53. The van der Waals surface area contributed by atoms with Gasteiger partial charge >= 0.3 is 6.18 Å². The SMILES string of the molecule is COCC(=O)N1CCCC(CCC(=O)Nc2ccc(C(F)(F)F)cc2)C1. The fourth-order valence-corrected chi connectivity index (χ4v) is 3.04. The zero-order valence-corrected chi connectivity index (χ0v) is 14.6. The minimum Gasteiger partial charge on any atom is -0.375 e. The van der Waals surface area contributed by atoms with Crippen molar-refractivity contribution in [3.8, 4) is 0 Å². The van der Waals surface area contributed by atoms with Gasteiger partial charge in [0.25, 0.3) is 0 Å². The molecule has 1 N–H and O–H groups in total. The number of methoxy groups -OCH3 is 1. The molecule has 2 rings (SSSR count). The van der Waals surface area contributed by atoms with Gasteiger partial charge in [0.2, 0.25) is 11.8 Å². The molecule has 1 atom stereocenters. The summed E-state index contributed by atoms with van der Waals surface area (Å²) >= 11 is 0. The lowest BCUT2D eigenvalue weighted by atomic mass is 9.93. The third-order valence-corrected chi connectivity index (χ3v) is 4.42. The lowest BCUT2D eigenvalue weighted by Crippen LogP contribution is -2.41. The number of benzene rings is 1. The van der Waals surface area contributed by atoms with E-state index in [-0.39, 0.29) is 30.8 Å². The van der Waals surface area contributed by atoms with Gasteiger partial charge in [-0.2, -0.15) is 13.2 Å². The van der Waals surface area contributed by atoms with Crippen molar-refractivity contribution in [2.24, 2.45) is 5.92 Å². The van der Waals surface area contributed by atoms with Gasteiger partial charge in [-0.05, 0) is 49.4 Å². The Balaban J connectivity index is 1.78. The van der Waals surface area contributed by atoms with E-state index in [4.69, 9.17) is 4.74 Å². The number of likely N-dealkylation sites (tertiary alicyclic amines) is 1. The third-order valence-electron chi connectivity index (χ3n) is 4.42. The van der Waals surface area contributed by atoms with Crippen LogP contribution in [0.25, 0.3) is 0 Å². The van der Waals surface area contributed by atoms with E-state index in [1.54, 1.807) is 4.90 Å². The molecule has 2 amide bonds. The second kappa shape index (κ2) is 9.02. The predicted octanol–water partition coefficient (Wildman–Crippen LogP) is 3.31. The Labute approximate surface area is 150 Å². The van der Waals surface area contributed by atoms with Gasteiger partial charge in [-0.1, -0.05) is 0 Å². The summed E-state index contributed by atoms with van der Waals surface area (Å²) in [6, 6.07) is 4.37. The van der Waals surface area contributed by atoms with Crippen LogP contribution in [0.15, 0.2) is 24.3 Å². The van der Waals surface area contributed by atoms with Crippen molar-refractivity contribution in [2.75, 3.05) is 32.1 Å². The molecule has 1 aliphatic heterocycles.